The van der Waals surface area contributed by atoms with E-state index in [1.165, 1.54) is 6.20 Å². The van der Waals surface area contributed by atoms with Crippen molar-refractivity contribution in [2.24, 2.45) is 0 Å². The standard InChI is InChI=1S/C19H21N3O4S/c1-27(25,26)11-8-18(23)21-16-7-6-14-5-3-10-22(17(14)12-16)19(24)15-4-2-9-20-13-15/h2,4,6-7,9,12-13H,3,5,8,10-11H2,1H3,(H,21,23). The van der Waals surface area contributed by atoms with Gasteiger partial charge in [0.05, 0.1) is 11.3 Å². The fraction of sp³-hybridized carbons (Fsp3) is 0.316. The minimum Gasteiger partial charge on any atom is -0.326 e. The topological polar surface area (TPSA) is 96.4 Å². The SMILES string of the molecule is CS(=O)(=O)CCC(=O)Nc1ccc2c(c1)N(C(=O)c1cccnc1)CCC2. The number of rotatable bonds is 5. The molecule has 0 radical (unpaired) electrons. The highest BCUT2D eigenvalue weighted by atomic mass is 32.2. The number of carbonyl (C=O) groups is 2. The second-order valence-corrected chi connectivity index (χ2v) is 8.83. The van der Waals surface area contributed by atoms with E-state index >= 15 is 0 Å². The first kappa shape index (κ1) is 19.0. The van der Waals surface area contributed by atoms with Crippen LogP contribution in [0.4, 0.5) is 11.4 Å². The quantitative estimate of drug-likeness (QED) is 0.847. The fourth-order valence-corrected chi connectivity index (χ4v) is 3.57. The summed E-state index contributed by atoms with van der Waals surface area (Å²) < 4.78 is 22.4. The van der Waals surface area contributed by atoms with Crippen molar-refractivity contribution in [3.8, 4) is 0 Å². The predicted octanol–water partition coefficient (Wildman–Crippen LogP) is 2.05. The van der Waals surface area contributed by atoms with Crippen molar-refractivity contribution in [3.63, 3.8) is 0 Å². The number of sulfone groups is 1. The third kappa shape index (κ3) is 4.91. The molecule has 0 bridgehead atoms. The molecule has 27 heavy (non-hydrogen) atoms. The van der Waals surface area contributed by atoms with E-state index in [0.29, 0.717) is 17.8 Å². The number of pyridine rings is 1. The number of fused-ring (bicyclic) bond motifs is 1. The number of anilines is 2. The molecule has 3 rings (SSSR count). The second kappa shape index (κ2) is 7.87. The van der Waals surface area contributed by atoms with E-state index in [2.05, 4.69) is 10.3 Å². The van der Waals surface area contributed by atoms with Gasteiger partial charge in [0.2, 0.25) is 5.91 Å². The van der Waals surface area contributed by atoms with Crippen molar-refractivity contribution in [2.45, 2.75) is 19.3 Å². The van der Waals surface area contributed by atoms with Gasteiger partial charge in [-0.25, -0.2) is 8.42 Å². The fourth-order valence-electron chi connectivity index (χ4n) is 3.01. The van der Waals surface area contributed by atoms with Crippen molar-refractivity contribution in [1.82, 2.24) is 4.98 Å². The van der Waals surface area contributed by atoms with Crippen LogP contribution in [0.25, 0.3) is 0 Å². The normalized spacial score (nSPS) is 13.7. The Kier molecular flexibility index (Phi) is 5.55. The summed E-state index contributed by atoms with van der Waals surface area (Å²) in [5.41, 5.74) is 2.84. The highest BCUT2D eigenvalue weighted by Gasteiger charge is 2.24. The van der Waals surface area contributed by atoms with Crippen LogP contribution < -0.4 is 10.2 Å². The van der Waals surface area contributed by atoms with Crippen molar-refractivity contribution in [3.05, 3.63) is 53.9 Å². The number of carbonyl (C=O) groups excluding carboxylic acids is 2. The largest absolute Gasteiger partial charge is 0.326 e. The number of hydrogen-bond donors (Lipinski definition) is 1. The Morgan fingerprint density at radius 3 is 2.78 bits per heavy atom. The van der Waals surface area contributed by atoms with E-state index < -0.39 is 9.84 Å². The molecule has 0 fully saturated rings. The lowest BCUT2D eigenvalue weighted by molar-refractivity contribution is -0.115. The van der Waals surface area contributed by atoms with Crippen LogP contribution in [-0.4, -0.2) is 43.8 Å². The van der Waals surface area contributed by atoms with Gasteiger partial charge in [-0.15, -0.1) is 0 Å². The van der Waals surface area contributed by atoms with Gasteiger partial charge < -0.3 is 10.2 Å². The smallest absolute Gasteiger partial charge is 0.259 e. The van der Waals surface area contributed by atoms with Crippen molar-refractivity contribution in [2.75, 3.05) is 28.8 Å². The van der Waals surface area contributed by atoms with Crippen LogP contribution in [0.1, 0.15) is 28.8 Å². The summed E-state index contributed by atoms with van der Waals surface area (Å²) in [5, 5.41) is 2.71. The van der Waals surface area contributed by atoms with Crippen LogP contribution in [0.3, 0.4) is 0 Å². The zero-order valence-electron chi connectivity index (χ0n) is 15.0. The van der Waals surface area contributed by atoms with Crippen LogP contribution in [0.5, 0.6) is 0 Å². The molecule has 0 aliphatic carbocycles. The first-order valence-electron chi connectivity index (χ1n) is 8.66. The first-order valence-corrected chi connectivity index (χ1v) is 10.7. The molecule has 8 heteroatoms. The molecule has 1 aliphatic heterocycles. The third-order valence-corrected chi connectivity index (χ3v) is 5.29. The average Bonchev–Trinajstić information content (AvgIpc) is 2.65. The molecule has 2 heterocycles. The average molecular weight is 387 g/mol. The summed E-state index contributed by atoms with van der Waals surface area (Å²) >= 11 is 0. The molecule has 0 atom stereocenters. The highest BCUT2D eigenvalue weighted by molar-refractivity contribution is 7.90. The first-order chi connectivity index (χ1) is 12.8. The van der Waals surface area contributed by atoms with Gasteiger partial charge in [-0.3, -0.25) is 14.6 Å². The van der Waals surface area contributed by atoms with Gasteiger partial charge in [-0.2, -0.15) is 0 Å². The van der Waals surface area contributed by atoms with Crippen LogP contribution in [-0.2, 0) is 21.1 Å². The number of nitrogens with zero attached hydrogens (tertiary/aromatic N) is 2. The minimum atomic E-state index is -3.20. The molecule has 2 aromatic rings. The number of benzene rings is 1. The van der Waals surface area contributed by atoms with Crippen LogP contribution in [0, 0.1) is 0 Å². The Hall–Kier alpha value is -2.74. The number of hydrogen-bond acceptors (Lipinski definition) is 5. The maximum absolute atomic E-state index is 12.8. The lowest BCUT2D eigenvalue weighted by Gasteiger charge is -2.30. The summed E-state index contributed by atoms with van der Waals surface area (Å²) in [7, 11) is -3.20. The molecular formula is C19H21N3O4S. The Morgan fingerprint density at radius 2 is 2.07 bits per heavy atom. The number of amides is 2. The van der Waals surface area contributed by atoms with E-state index in [4.69, 9.17) is 0 Å². The third-order valence-electron chi connectivity index (χ3n) is 4.34. The summed E-state index contributed by atoms with van der Waals surface area (Å²) in [5.74, 6) is -0.707. The van der Waals surface area contributed by atoms with Crippen molar-refractivity contribution >= 4 is 33.0 Å². The highest BCUT2D eigenvalue weighted by Crippen LogP contribution is 2.31. The molecule has 1 aliphatic rings. The summed E-state index contributed by atoms with van der Waals surface area (Å²) in [6.07, 6.45) is 5.86. The number of aryl methyl sites for hydroxylation is 1. The monoisotopic (exact) mass is 387 g/mol. The summed E-state index contributed by atoms with van der Waals surface area (Å²) in [6.45, 7) is 0.589. The molecule has 1 N–H and O–H groups in total. The molecular weight excluding hydrogens is 366 g/mol. The van der Waals surface area contributed by atoms with E-state index in [1.807, 2.05) is 6.07 Å². The maximum atomic E-state index is 12.8. The van der Waals surface area contributed by atoms with E-state index in [1.54, 1.807) is 35.4 Å². The van der Waals surface area contributed by atoms with Crippen LogP contribution >= 0.6 is 0 Å². The number of aromatic nitrogens is 1. The number of nitrogens with one attached hydrogen (secondary N) is 1. The molecule has 0 saturated carbocycles. The Morgan fingerprint density at radius 1 is 1.26 bits per heavy atom. The van der Waals surface area contributed by atoms with Crippen molar-refractivity contribution < 1.29 is 18.0 Å². The van der Waals surface area contributed by atoms with Gasteiger partial charge in [0.25, 0.3) is 5.91 Å². The predicted molar refractivity (Wildman–Crippen MR) is 104 cm³/mol. The Labute approximate surface area is 158 Å². The minimum absolute atomic E-state index is 0.103. The van der Waals surface area contributed by atoms with Crippen molar-refractivity contribution in [1.29, 1.82) is 0 Å². The van der Waals surface area contributed by atoms with E-state index in [-0.39, 0.29) is 24.0 Å². The summed E-state index contributed by atoms with van der Waals surface area (Å²) in [6, 6.07) is 8.87. The molecule has 1 aromatic carbocycles. The molecule has 1 aromatic heterocycles. The zero-order valence-corrected chi connectivity index (χ0v) is 15.8. The van der Waals surface area contributed by atoms with Gasteiger partial charge >= 0.3 is 0 Å². The molecule has 2 amide bonds. The molecule has 0 spiro atoms. The van der Waals surface area contributed by atoms with Gasteiger partial charge in [0.15, 0.2) is 0 Å². The van der Waals surface area contributed by atoms with E-state index in [9.17, 15) is 18.0 Å². The van der Waals surface area contributed by atoms with Crippen LogP contribution in [0.2, 0.25) is 0 Å². The van der Waals surface area contributed by atoms with Gasteiger partial charge in [-0.1, -0.05) is 6.07 Å². The lowest BCUT2D eigenvalue weighted by atomic mass is 10.00. The Balaban J connectivity index is 1.80. The Bertz CT molecular complexity index is 958. The molecule has 0 saturated heterocycles. The molecule has 0 unspecified atom stereocenters. The van der Waals surface area contributed by atoms with E-state index in [0.717, 1.165) is 30.3 Å². The molecule has 142 valence electrons. The van der Waals surface area contributed by atoms with Gasteiger partial charge in [-0.05, 0) is 42.7 Å². The zero-order chi connectivity index (χ0) is 19.4. The maximum Gasteiger partial charge on any atom is 0.259 e. The summed E-state index contributed by atoms with van der Waals surface area (Å²) in [4.78, 5) is 30.5. The lowest BCUT2D eigenvalue weighted by Crippen LogP contribution is -2.35. The molecule has 7 nitrogen and oxygen atoms in total. The van der Waals surface area contributed by atoms with Gasteiger partial charge in [0, 0.05) is 43.0 Å². The van der Waals surface area contributed by atoms with Gasteiger partial charge in [0.1, 0.15) is 9.84 Å². The second-order valence-electron chi connectivity index (χ2n) is 6.57. The van der Waals surface area contributed by atoms with Crippen LogP contribution in [0.15, 0.2) is 42.7 Å².